The zero-order valence-corrected chi connectivity index (χ0v) is 34.9. The van der Waals surface area contributed by atoms with Gasteiger partial charge in [0.1, 0.15) is 11.2 Å². The zero-order chi connectivity index (χ0) is 42.2. The van der Waals surface area contributed by atoms with Gasteiger partial charge in [0.2, 0.25) is 0 Å². The quantitative estimate of drug-likeness (QED) is 0.160. The van der Waals surface area contributed by atoms with E-state index in [-0.39, 0.29) is 0 Å². The number of hydrogen-bond donors (Lipinski definition) is 0. The Bertz CT molecular complexity index is 3680. The first kappa shape index (κ1) is 36.3. The molecule has 3 heteroatoms. The maximum Gasteiger partial charge on any atom is 0.137 e. The van der Waals surface area contributed by atoms with Crippen molar-refractivity contribution in [3.05, 3.63) is 265 Å². The fraction of sp³-hybridized carbons (Fsp3) is 0.0164. The minimum Gasteiger partial charge on any atom is -0.456 e. The molecular weight excluding hydrogens is 777 g/mol. The molecule has 0 fully saturated rings. The van der Waals surface area contributed by atoms with Crippen LogP contribution in [0.15, 0.2) is 247 Å². The maximum atomic E-state index is 6.75. The van der Waals surface area contributed by atoms with E-state index in [0.717, 1.165) is 50.3 Å². The van der Waals surface area contributed by atoms with Gasteiger partial charge in [-0.15, -0.1) is 0 Å². The molecule has 0 N–H and O–H groups in total. The number of hydrogen-bond acceptors (Lipinski definition) is 2. The normalized spacial score (nSPS) is 12.8. The van der Waals surface area contributed by atoms with Gasteiger partial charge in [0.15, 0.2) is 0 Å². The molecule has 0 unspecified atom stereocenters. The number of benzene rings is 10. The lowest BCUT2D eigenvalue weighted by molar-refractivity contribution is 0.669. The Labute approximate surface area is 371 Å². The van der Waals surface area contributed by atoms with Crippen LogP contribution in [0, 0.1) is 0 Å². The molecule has 300 valence electrons. The molecule has 0 radical (unpaired) electrons. The molecule has 0 saturated carbocycles. The fourth-order valence-electron chi connectivity index (χ4n) is 10.8. The lowest BCUT2D eigenvalue weighted by atomic mass is 9.68. The molecule has 10 aromatic carbocycles. The van der Waals surface area contributed by atoms with Crippen LogP contribution in [-0.4, -0.2) is 4.57 Å². The molecule has 2 aromatic heterocycles. The highest BCUT2D eigenvalue weighted by molar-refractivity contribution is 6.12. The summed E-state index contributed by atoms with van der Waals surface area (Å²) in [6, 6.07) is 88.1. The number of furan rings is 1. The summed E-state index contributed by atoms with van der Waals surface area (Å²) < 4.78 is 9.12. The summed E-state index contributed by atoms with van der Waals surface area (Å²) in [4.78, 5) is 2.40. The van der Waals surface area contributed by atoms with Gasteiger partial charge in [-0.2, -0.15) is 0 Å². The highest BCUT2D eigenvalue weighted by atomic mass is 16.3. The number of rotatable bonds is 7. The molecule has 0 aliphatic heterocycles. The van der Waals surface area contributed by atoms with E-state index in [4.69, 9.17) is 4.42 Å². The molecule has 2 heterocycles. The third-order valence-electron chi connectivity index (χ3n) is 13.4. The highest BCUT2D eigenvalue weighted by Crippen LogP contribution is 2.59. The van der Waals surface area contributed by atoms with Crippen LogP contribution in [0.5, 0.6) is 0 Å². The third kappa shape index (κ3) is 5.34. The van der Waals surface area contributed by atoms with Crippen molar-refractivity contribution >= 4 is 60.8 Å². The molecule has 3 nitrogen and oxygen atoms in total. The summed E-state index contributed by atoms with van der Waals surface area (Å²) in [5.41, 5.74) is 17.8. The average molecular weight is 817 g/mol. The Morgan fingerprint density at radius 3 is 1.75 bits per heavy atom. The van der Waals surface area contributed by atoms with Crippen LogP contribution < -0.4 is 4.90 Å². The fourth-order valence-corrected chi connectivity index (χ4v) is 10.8. The van der Waals surface area contributed by atoms with Crippen molar-refractivity contribution in [1.82, 2.24) is 4.57 Å². The number of para-hydroxylation sites is 3. The third-order valence-corrected chi connectivity index (χ3v) is 13.4. The summed E-state index contributed by atoms with van der Waals surface area (Å²) in [5.74, 6) is 0. The Morgan fingerprint density at radius 2 is 0.984 bits per heavy atom. The Balaban J connectivity index is 0.967. The molecule has 0 atom stereocenters. The van der Waals surface area contributed by atoms with E-state index in [9.17, 15) is 0 Å². The molecule has 1 aliphatic carbocycles. The topological polar surface area (TPSA) is 21.3 Å². The van der Waals surface area contributed by atoms with E-state index in [1.54, 1.807) is 0 Å². The van der Waals surface area contributed by atoms with Crippen LogP contribution in [-0.2, 0) is 5.41 Å². The summed E-state index contributed by atoms with van der Waals surface area (Å²) in [6.45, 7) is 0. The molecule has 0 bridgehead atoms. The standard InChI is InChI=1S/C61H40N2O/c1-5-18-43(19-6-1)61(44-20-7-2-8-21-44)53-28-15-13-27-50(53)60-54(61)29-17-31-57(60)62(45-22-9-3-10-23-45)47-34-35-49-52-39-42(33-37-58(52)64-59(49)40-47)41-32-36-56-51(38-41)48-26-14-16-30-55(48)63(56)46-24-11-4-12-25-46/h1-40H. The van der Waals surface area contributed by atoms with Crippen molar-refractivity contribution < 1.29 is 4.42 Å². The van der Waals surface area contributed by atoms with Gasteiger partial charge in [0, 0.05) is 50.2 Å². The van der Waals surface area contributed by atoms with Crippen molar-refractivity contribution in [3.8, 4) is 27.9 Å². The van der Waals surface area contributed by atoms with Crippen molar-refractivity contribution in [3.63, 3.8) is 0 Å². The zero-order valence-electron chi connectivity index (χ0n) is 34.9. The predicted molar refractivity (Wildman–Crippen MR) is 265 cm³/mol. The second kappa shape index (κ2) is 14.3. The van der Waals surface area contributed by atoms with Crippen LogP contribution in [0.3, 0.4) is 0 Å². The molecule has 0 amide bonds. The smallest absolute Gasteiger partial charge is 0.137 e. The molecule has 64 heavy (non-hydrogen) atoms. The molecular formula is C61H40N2O. The molecule has 1 aliphatic rings. The van der Waals surface area contributed by atoms with E-state index in [1.807, 2.05) is 0 Å². The molecule has 13 rings (SSSR count). The van der Waals surface area contributed by atoms with Gasteiger partial charge in [-0.25, -0.2) is 0 Å². The van der Waals surface area contributed by atoms with Crippen LogP contribution in [0.4, 0.5) is 17.1 Å². The van der Waals surface area contributed by atoms with Crippen LogP contribution in [0.1, 0.15) is 22.3 Å². The van der Waals surface area contributed by atoms with Gasteiger partial charge < -0.3 is 13.9 Å². The summed E-state index contributed by atoms with van der Waals surface area (Å²) in [5, 5.41) is 4.67. The van der Waals surface area contributed by atoms with Crippen LogP contribution in [0.2, 0.25) is 0 Å². The van der Waals surface area contributed by atoms with E-state index >= 15 is 0 Å². The second-order valence-corrected chi connectivity index (χ2v) is 16.8. The van der Waals surface area contributed by atoms with Crippen LogP contribution >= 0.6 is 0 Å². The minimum absolute atomic E-state index is 0.503. The van der Waals surface area contributed by atoms with Crippen molar-refractivity contribution in [2.24, 2.45) is 0 Å². The predicted octanol–water partition coefficient (Wildman–Crippen LogP) is 16.2. The number of fused-ring (bicyclic) bond motifs is 9. The van der Waals surface area contributed by atoms with Gasteiger partial charge in [-0.3, -0.25) is 0 Å². The monoisotopic (exact) mass is 816 g/mol. The lowest BCUT2D eigenvalue weighted by Crippen LogP contribution is -2.28. The first-order valence-electron chi connectivity index (χ1n) is 22.0. The maximum absolute atomic E-state index is 6.75. The highest BCUT2D eigenvalue weighted by Gasteiger charge is 2.47. The summed E-state index contributed by atoms with van der Waals surface area (Å²) >= 11 is 0. The first-order valence-corrected chi connectivity index (χ1v) is 22.0. The Hall–Kier alpha value is -8.40. The lowest BCUT2D eigenvalue weighted by Gasteiger charge is -2.34. The summed E-state index contributed by atoms with van der Waals surface area (Å²) in [7, 11) is 0. The van der Waals surface area contributed by atoms with E-state index in [0.29, 0.717) is 0 Å². The van der Waals surface area contributed by atoms with Gasteiger partial charge in [0.25, 0.3) is 0 Å². The van der Waals surface area contributed by atoms with Gasteiger partial charge >= 0.3 is 0 Å². The molecule has 0 saturated heterocycles. The molecule has 12 aromatic rings. The van der Waals surface area contributed by atoms with Crippen molar-refractivity contribution in [2.75, 3.05) is 4.90 Å². The Morgan fingerprint density at radius 1 is 0.375 bits per heavy atom. The van der Waals surface area contributed by atoms with E-state index in [1.165, 1.54) is 60.8 Å². The SMILES string of the molecule is c1ccc(N(c2ccc3c(c2)oc2ccc(-c4ccc5c(c4)c4ccccc4n5-c4ccccc4)cc23)c2cccc3c2-c2ccccc2C3(c2ccccc2)c2ccccc2)cc1. The second-order valence-electron chi connectivity index (χ2n) is 16.8. The van der Waals surface area contributed by atoms with Crippen LogP contribution in [0.25, 0.3) is 71.7 Å². The van der Waals surface area contributed by atoms with Gasteiger partial charge in [-0.05, 0) is 112 Å². The van der Waals surface area contributed by atoms with Crippen molar-refractivity contribution in [2.45, 2.75) is 5.41 Å². The van der Waals surface area contributed by atoms with Gasteiger partial charge in [-0.1, -0.05) is 164 Å². The number of aromatic nitrogens is 1. The molecule has 0 spiro atoms. The van der Waals surface area contributed by atoms with E-state index in [2.05, 4.69) is 252 Å². The van der Waals surface area contributed by atoms with Crippen molar-refractivity contribution in [1.29, 1.82) is 0 Å². The average Bonchev–Trinajstić information content (AvgIpc) is 4.01. The van der Waals surface area contributed by atoms with Gasteiger partial charge in [0.05, 0.1) is 22.1 Å². The minimum atomic E-state index is -0.503. The number of nitrogens with zero attached hydrogens (tertiary/aromatic N) is 2. The largest absolute Gasteiger partial charge is 0.456 e. The van der Waals surface area contributed by atoms with E-state index < -0.39 is 5.41 Å². The first-order chi connectivity index (χ1) is 31.8. The Kier molecular flexibility index (Phi) is 8.13. The summed E-state index contributed by atoms with van der Waals surface area (Å²) in [6.07, 6.45) is 0. The number of anilines is 3.